The van der Waals surface area contributed by atoms with E-state index >= 15 is 0 Å². The van der Waals surface area contributed by atoms with Gasteiger partial charge in [0.25, 0.3) is 5.69 Å². The number of nitro benzene ring substituents is 2. The van der Waals surface area contributed by atoms with Crippen LogP contribution in [0.4, 0.5) is 17.1 Å². The summed E-state index contributed by atoms with van der Waals surface area (Å²) in [6.45, 7) is 12.3. The third kappa shape index (κ3) is 8.81. The van der Waals surface area contributed by atoms with E-state index in [1.54, 1.807) is 59.0 Å². The van der Waals surface area contributed by atoms with Gasteiger partial charge in [0.15, 0.2) is 18.1 Å². The van der Waals surface area contributed by atoms with Crippen molar-refractivity contribution >= 4 is 51.8 Å². The van der Waals surface area contributed by atoms with Gasteiger partial charge in [0.1, 0.15) is 5.56 Å². The molecule has 0 saturated heterocycles. The molecule has 0 aliphatic rings. The van der Waals surface area contributed by atoms with Gasteiger partial charge in [-0.3, -0.25) is 29.8 Å². The second-order valence-electron chi connectivity index (χ2n) is 11.6. The highest BCUT2D eigenvalue weighted by Gasteiger charge is 2.30. The number of nitrogens with zero attached hydrogens (tertiary/aromatic N) is 4. The van der Waals surface area contributed by atoms with Gasteiger partial charge in [-0.1, -0.05) is 66.9 Å². The van der Waals surface area contributed by atoms with Crippen LogP contribution in [0, 0.1) is 54.8 Å². The van der Waals surface area contributed by atoms with E-state index in [0.29, 0.717) is 38.5 Å². The molecule has 0 saturated carbocycles. The number of Topliss-reactive ketones (excluding diaryl/α,β-unsaturated/α-hetero) is 1. The molecule has 1 N–H and O–H groups in total. The number of aromatic nitrogens is 2. The number of nitro groups is 2. The highest BCUT2D eigenvalue weighted by atomic mass is 35.5. The fourth-order valence-electron chi connectivity index (χ4n) is 5.08. The average Bonchev–Trinajstić information content (AvgIpc) is 3.34. The Morgan fingerprint density at radius 1 is 0.939 bits per heavy atom. The number of benzene rings is 3. The lowest BCUT2D eigenvalue weighted by atomic mass is 10.0. The molecule has 1 heterocycles. The maximum atomic E-state index is 13.2. The minimum atomic E-state index is -0.579. The number of ketones is 2. The van der Waals surface area contributed by atoms with E-state index in [9.17, 15) is 29.8 Å². The van der Waals surface area contributed by atoms with Gasteiger partial charge in [0, 0.05) is 40.9 Å². The molecule has 0 atom stereocenters. The van der Waals surface area contributed by atoms with Crippen molar-refractivity contribution in [1.82, 2.24) is 9.78 Å². The monoisotopic (exact) mass is 711 g/mol. The molecule has 12 nitrogen and oxygen atoms in total. The van der Waals surface area contributed by atoms with Crippen LogP contribution in [-0.4, -0.2) is 43.8 Å². The standard InChI is InChI=1S/C22H20Cl2N2O3.C13H19N3O4/c1-12-5-7-15(8-6-12)18(27)11-29-22-19(14(3)25-26(22)4)21(28)16-9-10-17(23)13(2)20(16)24;1-5-10(6-2)14-12-11(15(17)18)7-8(3)9(4)13(12)16(19)20/h5-10H,11H2,1-4H3;7,10,14H,5-6H2,1-4H3. The summed E-state index contributed by atoms with van der Waals surface area (Å²) in [7, 11) is 1.66. The number of carbonyl (C=O) groups excluding carboxylic acids is 2. The molecular formula is C35H39Cl2N5O7. The summed E-state index contributed by atoms with van der Waals surface area (Å²) in [6.07, 6.45) is 1.47. The van der Waals surface area contributed by atoms with Crippen LogP contribution in [0.1, 0.15) is 80.9 Å². The Hall–Kier alpha value is -4.81. The molecule has 0 unspecified atom stereocenters. The first-order chi connectivity index (χ1) is 23.0. The van der Waals surface area contributed by atoms with Gasteiger partial charge < -0.3 is 10.1 Å². The maximum absolute atomic E-state index is 13.2. The summed E-state index contributed by atoms with van der Waals surface area (Å²) >= 11 is 12.4. The number of carbonyl (C=O) groups is 2. The predicted molar refractivity (Wildman–Crippen MR) is 191 cm³/mol. The van der Waals surface area contributed by atoms with E-state index in [1.165, 1.54) is 10.7 Å². The third-order valence-electron chi connectivity index (χ3n) is 8.18. The Morgan fingerprint density at radius 3 is 2.10 bits per heavy atom. The molecule has 1 aromatic heterocycles. The van der Waals surface area contributed by atoms with Crippen LogP contribution < -0.4 is 10.1 Å². The molecule has 260 valence electrons. The first-order valence-corrected chi connectivity index (χ1v) is 16.2. The molecular weight excluding hydrogens is 673 g/mol. The molecule has 0 fully saturated rings. The summed E-state index contributed by atoms with van der Waals surface area (Å²) in [5, 5.41) is 30.4. The fourth-order valence-corrected chi connectivity index (χ4v) is 5.54. The van der Waals surface area contributed by atoms with Crippen molar-refractivity contribution in [2.45, 2.75) is 67.3 Å². The topological polar surface area (TPSA) is 160 Å². The Morgan fingerprint density at radius 2 is 1.55 bits per heavy atom. The zero-order valence-electron chi connectivity index (χ0n) is 28.6. The number of halogens is 2. The Balaban J connectivity index is 0.000000286. The van der Waals surface area contributed by atoms with Crippen LogP contribution >= 0.6 is 23.2 Å². The normalized spacial score (nSPS) is 10.8. The summed E-state index contributed by atoms with van der Waals surface area (Å²) in [5.74, 6) is -0.308. The largest absolute Gasteiger partial charge is 0.469 e. The van der Waals surface area contributed by atoms with E-state index in [1.807, 2.05) is 32.9 Å². The highest BCUT2D eigenvalue weighted by molar-refractivity contribution is 6.39. The average molecular weight is 713 g/mol. The second kappa shape index (κ2) is 16.5. The van der Waals surface area contributed by atoms with E-state index < -0.39 is 9.85 Å². The van der Waals surface area contributed by atoms with Crippen molar-refractivity contribution < 1.29 is 24.2 Å². The Bertz CT molecular complexity index is 1900. The second-order valence-corrected chi connectivity index (χ2v) is 12.3. The lowest BCUT2D eigenvalue weighted by molar-refractivity contribution is -0.392. The van der Waals surface area contributed by atoms with Gasteiger partial charge >= 0.3 is 5.69 Å². The maximum Gasteiger partial charge on any atom is 0.302 e. The van der Waals surface area contributed by atoms with Crippen molar-refractivity contribution in [1.29, 1.82) is 0 Å². The molecule has 3 aromatic carbocycles. The molecule has 0 aliphatic heterocycles. The molecule has 4 rings (SSSR count). The fraction of sp³-hybridized carbons (Fsp3) is 0.343. The summed E-state index contributed by atoms with van der Waals surface area (Å²) in [4.78, 5) is 46.9. The van der Waals surface area contributed by atoms with Gasteiger partial charge in [-0.25, -0.2) is 4.68 Å². The van der Waals surface area contributed by atoms with Crippen LogP contribution in [0.5, 0.6) is 5.88 Å². The van der Waals surface area contributed by atoms with E-state index in [4.69, 9.17) is 27.9 Å². The molecule has 49 heavy (non-hydrogen) atoms. The molecule has 0 spiro atoms. The van der Waals surface area contributed by atoms with Gasteiger partial charge in [-0.15, -0.1) is 0 Å². The number of aryl methyl sites for hydroxylation is 4. The number of rotatable bonds is 12. The highest BCUT2D eigenvalue weighted by Crippen LogP contribution is 2.39. The lowest BCUT2D eigenvalue weighted by Crippen LogP contribution is -2.19. The molecule has 4 aromatic rings. The Kier molecular flexibility index (Phi) is 13.0. The first kappa shape index (κ1) is 38.6. The molecule has 0 amide bonds. The minimum Gasteiger partial charge on any atom is -0.469 e. The Labute approximate surface area is 294 Å². The number of hydrogen-bond donors (Lipinski definition) is 1. The first-order valence-electron chi connectivity index (χ1n) is 15.5. The number of anilines is 1. The van der Waals surface area contributed by atoms with Crippen LogP contribution in [0.15, 0.2) is 42.5 Å². The molecule has 14 heteroatoms. The number of ether oxygens (including phenoxy) is 1. The quantitative estimate of drug-likeness (QED) is 0.0860. The summed E-state index contributed by atoms with van der Waals surface area (Å²) in [6, 6.07) is 11.8. The van der Waals surface area contributed by atoms with Crippen molar-refractivity contribution in [3.05, 3.63) is 117 Å². The van der Waals surface area contributed by atoms with E-state index in [0.717, 1.165) is 18.4 Å². The van der Waals surface area contributed by atoms with Crippen molar-refractivity contribution in [2.24, 2.45) is 7.05 Å². The molecule has 0 bridgehead atoms. The van der Waals surface area contributed by atoms with Crippen LogP contribution in [0.3, 0.4) is 0 Å². The smallest absolute Gasteiger partial charge is 0.302 e. The van der Waals surface area contributed by atoms with Gasteiger partial charge in [0.05, 0.1) is 20.6 Å². The van der Waals surface area contributed by atoms with Crippen molar-refractivity contribution in [3.8, 4) is 5.88 Å². The van der Waals surface area contributed by atoms with Crippen molar-refractivity contribution in [2.75, 3.05) is 11.9 Å². The SMILES string of the molecule is CCC(CC)Nc1c([N+](=O)[O-])cc(C)c(C)c1[N+](=O)[O-].Cc1ccc(C(=O)COc2c(C(=O)c3ccc(Cl)c(C)c3Cl)c(C)nn2C)cc1. The summed E-state index contributed by atoms with van der Waals surface area (Å²) < 4.78 is 7.18. The number of hydrogen-bond acceptors (Lipinski definition) is 9. The van der Waals surface area contributed by atoms with E-state index in [-0.39, 0.29) is 57.7 Å². The summed E-state index contributed by atoms with van der Waals surface area (Å²) in [5.41, 5.74) is 3.84. The lowest BCUT2D eigenvalue weighted by Gasteiger charge is -2.17. The van der Waals surface area contributed by atoms with Crippen LogP contribution in [0.2, 0.25) is 10.0 Å². The van der Waals surface area contributed by atoms with Crippen molar-refractivity contribution in [3.63, 3.8) is 0 Å². The van der Waals surface area contributed by atoms with Crippen LogP contribution in [-0.2, 0) is 7.05 Å². The van der Waals surface area contributed by atoms with Gasteiger partial charge in [-0.2, -0.15) is 5.10 Å². The predicted octanol–water partition coefficient (Wildman–Crippen LogP) is 8.87. The zero-order valence-corrected chi connectivity index (χ0v) is 30.2. The third-order valence-corrected chi connectivity index (χ3v) is 9.08. The van der Waals surface area contributed by atoms with E-state index in [2.05, 4.69) is 10.4 Å². The van der Waals surface area contributed by atoms with Gasteiger partial charge in [-0.05, 0) is 70.7 Å². The van der Waals surface area contributed by atoms with Gasteiger partial charge in [0.2, 0.25) is 11.7 Å². The molecule has 0 aliphatic carbocycles. The number of nitrogens with one attached hydrogen (secondary N) is 1. The minimum absolute atomic E-state index is 0.0109. The van der Waals surface area contributed by atoms with Crippen LogP contribution in [0.25, 0.3) is 0 Å². The zero-order chi connectivity index (χ0) is 36.7. The molecule has 0 radical (unpaired) electrons.